The maximum absolute atomic E-state index is 9.66. The lowest BCUT2D eigenvalue weighted by Gasteiger charge is -2.03. The van der Waals surface area contributed by atoms with Crippen LogP contribution in [0.5, 0.6) is 11.5 Å². The summed E-state index contributed by atoms with van der Waals surface area (Å²) in [6.45, 7) is 0. The summed E-state index contributed by atoms with van der Waals surface area (Å²) in [5.74, 6) is 0.530. The van der Waals surface area contributed by atoms with Crippen LogP contribution < -0.4 is 5.43 Å². The van der Waals surface area contributed by atoms with Gasteiger partial charge in [0.1, 0.15) is 17.8 Å². The lowest BCUT2D eigenvalue weighted by atomic mass is 10.2. The van der Waals surface area contributed by atoms with E-state index in [-0.39, 0.29) is 11.5 Å². The fraction of sp³-hybridized carbons (Fsp3) is 0. The summed E-state index contributed by atoms with van der Waals surface area (Å²) in [7, 11) is 0. The Hall–Kier alpha value is -3.15. The Bertz CT molecular complexity index is 812. The van der Waals surface area contributed by atoms with Crippen molar-refractivity contribution in [3.63, 3.8) is 0 Å². The third-order valence-corrected chi connectivity index (χ3v) is 2.93. The molecular weight excluding hydrogens is 268 g/mol. The number of hydrazone groups is 1. The van der Waals surface area contributed by atoms with Crippen LogP contribution in [0.2, 0.25) is 0 Å². The van der Waals surface area contributed by atoms with Crippen molar-refractivity contribution < 1.29 is 10.2 Å². The van der Waals surface area contributed by atoms with Gasteiger partial charge in [-0.3, -0.25) is 5.43 Å². The molecule has 0 spiro atoms. The first kappa shape index (κ1) is 12.9. The zero-order valence-corrected chi connectivity index (χ0v) is 10.9. The fourth-order valence-electron chi connectivity index (χ4n) is 1.90. The fourth-order valence-corrected chi connectivity index (χ4v) is 1.90. The first-order valence-electron chi connectivity index (χ1n) is 6.25. The highest BCUT2D eigenvalue weighted by molar-refractivity contribution is 5.89. The molecule has 3 rings (SSSR count). The molecule has 0 unspecified atom stereocenters. The summed E-state index contributed by atoms with van der Waals surface area (Å²) in [4.78, 5) is 8.30. The van der Waals surface area contributed by atoms with E-state index in [2.05, 4.69) is 20.5 Å². The van der Waals surface area contributed by atoms with Crippen LogP contribution >= 0.6 is 0 Å². The minimum absolute atomic E-state index is 0.000552. The van der Waals surface area contributed by atoms with Crippen molar-refractivity contribution in [2.75, 3.05) is 5.43 Å². The number of nitrogens with zero attached hydrogens (tertiary/aromatic N) is 3. The highest BCUT2D eigenvalue weighted by Crippen LogP contribution is 2.21. The predicted molar refractivity (Wildman–Crippen MR) is 80.5 cm³/mol. The number of hydrogen-bond acceptors (Lipinski definition) is 6. The zero-order valence-electron chi connectivity index (χ0n) is 10.9. The lowest BCUT2D eigenvalue weighted by molar-refractivity contribution is 0.450. The summed E-state index contributed by atoms with van der Waals surface area (Å²) >= 11 is 0. The van der Waals surface area contributed by atoms with Gasteiger partial charge in [0.05, 0.1) is 11.7 Å². The number of hydrogen-bond donors (Lipinski definition) is 3. The molecule has 0 fully saturated rings. The van der Waals surface area contributed by atoms with Crippen LogP contribution in [-0.2, 0) is 0 Å². The van der Waals surface area contributed by atoms with E-state index in [4.69, 9.17) is 0 Å². The van der Waals surface area contributed by atoms with Crippen LogP contribution in [0.1, 0.15) is 5.56 Å². The number of nitrogens with one attached hydrogen (secondary N) is 1. The molecule has 0 saturated carbocycles. The summed E-state index contributed by atoms with van der Waals surface area (Å²) in [5.41, 5.74) is 4.12. The Labute approximate surface area is 120 Å². The molecule has 0 bridgehead atoms. The topological polar surface area (TPSA) is 90.6 Å². The van der Waals surface area contributed by atoms with Gasteiger partial charge in [0.25, 0.3) is 0 Å². The van der Waals surface area contributed by atoms with E-state index in [0.29, 0.717) is 11.4 Å². The van der Waals surface area contributed by atoms with Crippen molar-refractivity contribution in [3.05, 3.63) is 54.4 Å². The number of phenolic OH excluding ortho intramolecular Hbond substituents is 2. The molecule has 3 N–H and O–H groups in total. The van der Waals surface area contributed by atoms with E-state index in [1.165, 1.54) is 24.7 Å². The van der Waals surface area contributed by atoms with Gasteiger partial charge in [-0.25, -0.2) is 9.97 Å². The largest absolute Gasteiger partial charge is 0.508 e. The number of aromatic hydroxyl groups is 2. The quantitative estimate of drug-likeness (QED) is 0.506. The normalized spacial score (nSPS) is 11.0. The number of aromatic nitrogens is 2. The molecule has 6 nitrogen and oxygen atoms in total. The van der Waals surface area contributed by atoms with Crippen LogP contribution in [-0.4, -0.2) is 26.4 Å². The number of para-hydroxylation sites is 1. The van der Waals surface area contributed by atoms with Crippen molar-refractivity contribution in [1.82, 2.24) is 9.97 Å². The molecule has 1 heterocycles. The van der Waals surface area contributed by atoms with E-state index in [1.54, 1.807) is 6.07 Å². The van der Waals surface area contributed by atoms with Crippen molar-refractivity contribution in [1.29, 1.82) is 0 Å². The van der Waals surface area contributed by atoms with E-state index in [1.807, 2.05) is 24.3 Å². The monoisotopic (exact) mass is 280 g/mol. The van der Waals surface area contributed by atoms with Crippen LogP contribution in [0.4, 0.5) is 5.82 Å². The molecule has 6 heteroatoms. The van der Waals surface area contributed by atoms with E-state index in [0.717, 1.165) is 10.9 Å². The van der Waals surface area contributed by atoms with Crippen molar-refractivity contribution in [2.45, 2.75) is 0 Å². The highest BCUT2D eigenvalue weighted by Gasteiger charge is 2.02. The third-order valence-electron chi connectivity index (χ3n) is 2.93. The van der Waals surface area contributed by atoms with E-state index >= 15 is 0 Å². The molecule has 0 amide bonds. The van der Waals surface area contributed by atoms with Gasteiger partial charge in [0, 0.05) is 17.0 Å². The molecule has 0 atom stereocenters. The highest BCUT2D eigenvalue weighted by atomic mass is 16.3. The minimum Gasteiger partial charge on any atom is -0.508 e. The average molecular weight is 280 g/mol. The Morgan fingerprint density at radius 3 is 2.76 bits per heavy atom. The smallest absolute Gasteiger partial charge is 0.157 e. The second-order valence-corrected chi connectivity index (χ2v) is 4.35. The third kappa shape index (κ3) is 2.74. The Morgan fingerprint density at radius 2 is 1.90 bits per heavy atom. The maximum atomic E-state index is 9.66. The first-order chi connectivity index (χ1) is 10.2. The number of anilines is 1. The van der Waals surface area contributed by atoms with Crippen molar-refractivity contribution in [3.8, 4) is 11.5 Å². The van der Waals surface area contributed by atoms with Crippen LogP contribution in [0, 0.1) is 0 Å². The summed E-state index contributed by atoms with van der Waals surface area (Å²) in [5, 5.41) is 23.8. The zero-order chi connectivity index (χ0) is 14.7. The van der Waals surface area contributed by atoms with Gasteiger partial charge in [-0.1, -0.05) is 12.1 Å². The molecule has 1 aromatic heterocycles. The van der Waals surface area contributed by atoms with Gasteiger partial charge in [-0.2, -0.15) is 5.10 Å². The molecule has 0 aliphatic rings. The minimum atomic E-state index is -0.0481. The van der Waals surface area contributed by atoms with Crippen LogP contribution in [0.25, 0.3) is 10.9 Å². The molecule has 0 aliphatic heterocycles. The summed E-state index contributed by atoms with van der Waals surface area (Å²) in [6.07, 6.45) is 2.91. The summed E-state index contributed by atoms with van der Waals surface area (Å²) < 4.78 is 0. The Balaban J connectivity index is 1.84. The molecule has 0 saturated heterocycles. The standard InChI is InChI=1S/C15H12N4O2/c20-11-6-5-10(14(21)7-11)8-18-19-15-12-3-1-2-4-13(12)16-9-17-15/h1-9,20-21H,(H,16,17,19)/b18-8-. The van der Waals surface area contributed by atoms with E-state index in [9.17, 15) is 10.2 Å². The SMILES string of the molecule is Oc1ccc(/C=N\Nc2ncnc3ccccc23)c(O)c1. The molecule has 21 heavy (non-hydrogen) atoms. The average Bonchev–Trinajstić information content (AvgIpc) is 2.50. The maximum Gasteiger partial charge on any atom is 0.157 e. The second-order valence-electron chi connectivity index (χ2n) is 4.35. The van der Waals surface area contributed by atoms with Crippen LogP contribution in [0.3, 0.4) is 0 Å². The Morgan fingerprint density at radius 1 is 1.05 bits per heavy atom. The van der Waals surface area contributed by atoms with Crippen LogP contribution in [0.15, 0.2) is 53.9 Å². The number of phenols is 2. The van der Waals surface area contributed by atoms with Crippen molar-refractivity contribution in [2.24, 2.45) is 5.10 Å². The van der Waals surface area contributed by atoms with Gasteiger partial charge in [-0.15, -0.1) is 0 Å². The van der Waals surface area contributed by atoms with Gasteiger partial charge < -0.3 is 10.2 Å². The Kier molecular flexibility index (Phi) is 3.34. The summed E-state index contributed by atoms with van der Waals surface area (Å²) in [6, 6.07) is 11.9. The van der Waals surface area contributed by atoms with Gasteiger partial charge in [0.15, 0.2) is 5.82 Å². The molecule has 3 aromatic rings. The van der Waals surface area contributed by atoms with Gasteiger partial charge in [-0.05, 0) is 24.3 Å². The number of rotatable bonds is 3. The lowest BCUT2D eigenvalue weighted by Crippen LogP contribution is -1.95. The molecule has 0 aliphatic carbocycles. The number of fused-ring (bicyclic) bond motifs is 1. The molecule has 2 aromatic carbocycles. The van der Waals surface area contributed by atoms with E-state index < -0.39 is 0 Å². The van der Waals surface area contributed by atoms with Crippen molar-refractivity contribution >= 4 is 22.9 Å². The second kappa shape index (κ2) is 5.46. The van der Waals surface area contributed by atoms with Gasteiger partial charge >= 0.3 is 0 Å². The molecule has 104 valence electrons. The molecule has 0 radical (unpaired) electrons. The number of benzene rings is 2. The predicted octanol–water partition coefficient (Wildman–Crippen LogP) is 2.49. The molecular formula is C15H12N4O2. The van der Waals surface area contributed by atoms with Gasteiger partial charge in [0.2, 0.25) is 0 Å². The first-order valence-corrected chi connectivity index (χ1v) is 6.25.